The van der Waals surface area contributed by atoms with E-state index in [0.717, 1.165) is 28.2 Å². The molecular formula is C34H33CuN6O10-4. The van der Waals surface area contributed by atoms with Crippen LogP contribution >= 0.6 is 0 Å². The van der Waals surface area contributed by atoms with Crippen LogP contribution in [0.15, 0.2) is 88.4 Å². The molecule has 1 aromatic carbocycles. The van der Waals surface area contributed by atoms with Crippen molar-refractivity contribution in [2.75, 3.05) is 6.61 Å². The maximum absolute atomic E-state index is 11.2. The number of aliphatic hydroxyl groups excluding tert-OH is 3. The SMILES string of the molecule is CC1=CC=C2C(=C3[N-]C(C)C=CC3=CC2[N+](=O)[O-])[N-]1.CC1C=Cc2cc([N+](=O)[O-])c3c(c2[N-]1)[N-]C(C)C=C3.O=C1OC(C(O)C[O-])C(O)=C1O.[Cu+]. The van der Waals surface area contributed by atoms with Crippen LogP contribution < -0.4 is 5.11 Å². The van der Waals surface area contributed by atoms with Crippen molar-refractivity contribution in [3.8, 4) is 0 Å². The summed E-state index contributed by atoms with van der Waals surface area (Å²) in [6.07, 6.45) is 13.6. The second-order valence-electron chi connectivity index (χ2n) is 11.9. The van der Waals surface area contributed by atoms with Crippen LogP contribution in [-0.4, -0.2) is 74.1 Å². The average molecular weight is 749 g/mol. The minimum absolute atomic E-state index is 0. The zero-order valence-electron chi connectivity index (χ0n) is 27.6. The number of nitro groups is 2. The number of carbonyl (C=O) groups excluding carboxylic acids is 1. The van der Waals surface area contributed by atoms with Crippen molar-refractivity contribution in [1.29, 1.82) is 0 Å². The summed E-state index contributed by atoms with van der Waals surface area (Å²) in [6.45, 7) is 6.87. The zero-order valence-corrected chi connectivity index (χ0v) is 28.6. The number of fused-ring (bicyclic) bond motifs is 5. The van der Waals surface area contributed by atoms with Gasteiger partial charge in [0.1, 0.15) is 0 Å². The normalized spacial score (nSPS) is 25.2. The van der Waals surface area contributed by atoms with Gasteiger partial charge in [0.05, 0.1) is 11.0 Å². The van der Waals surface area contributed by atoms with Gasteiger partial charge in [0.2, 0.25) is 5.76 Å². The summed E-state index contributed by atoms with van der Waals surface area (Å²) in [4.78, 5) is 32.3. The Balaban J connectivity index is 0.000000175. The third-order valence-electron chi connectivity index (χ3n) is 8.07. The van der Waals surface area contributed by atoms with Crippen LogP contribution in [0.3, 0.4) is 0 Å². The van der Waals surface area contributed by atoms with E-state index in [1.807, 2.05) is 58.1 Å². The van der Waals surface area contributed by atoms with Gasteiger partial charge in [-0.25, -0.2) is 4.79 Å². The van der Waals surface area contributed by atoms with Gasteiger partial charge in [-0.2, -0.15) is 5.70 Å². The Morgan fingerprint density at radius 3 is 2.16 bits per heavy atom. The van der Waals surface area contributed by atoms with E-state index in [4.69, 9.17) is 15.3 Å². The molecular weight excluding hydrogens is 716 g/mol. The van der Waals surface area contributed by atoms with Gasteiger partial charge in [-0.1, -0.05) is 76.3 Å². The number of hydrogen-bond donors (Lipinski definition) is 3. The largest absolute Gasteiger partial charge is 1.00 e. The molecule has 1 aliphatic carbocycles. The molecule has 3 N–H and O–H groups in total. The van der Waals surface area contributed by atoms with Crippen LogP contribution in [0.4, 0.5) is 17.1 Å². The number of nitrogens with zero attached hydrogens (tertiary/aromatic N) is 6. The molecule has 0 bridgehead atoms. The van der Waals surface area contributed by atoms with Crippen molar-refractivity contribution in [1.82, 2.24) is 0 Å². The molecule has 5 heterocycles. The molecule has 0 fully saturated rings. The Hall–Kier alpha value is -5.35. The fourth-order valence-electron chi connectivity index (χ4n) is 5.58. The number of benzene rings is 1. The fourth-order valence-corrected chi connectivity index (χ4v) is 5.58. The predicted octanol–water partition coefficient (Wildman–Crippen LogP) is 5.73. The first-order valence-electron chi connectivity index (χ1n) is 15.5. The van der Waals surface area contributed by atoms with Gasteiger partial charge in [0.15, 0.2) is 11.9 Å². The Morgan fingerprint density at radius 1 is 0.922 bits per heavy atom. The number of rotatable bonds is 4. The third kappa shape index (κ3) is 8.02. The summed E-state index contributed by atoms with van der Waals surface area (Å²) in [5.74, 6) is -2.87. The van der Waals surface area contributed by atoms with E-state index < -0.39 is 42.3 Å². The molecule has 274 valence electrons. The van der Waals surface area contributed by atoms with E-state index in [9.17, 15) is 30.1 Å². The topological polar surface area (TPSA) is 253 Å². The van der Waals surface area contributed by atoms with E-state index in [1.54, 1.807) is 30.4 Å². The van der Waals surface area contributed by atoms with Crippen LogP contribution in [0, 0.1) is 20.2 Å². The molecule has 16 nitrogen and oxygen atoms in total. The maximum atomic E-state index is 11.2. The first-order valence-corrected chi connectivity index (χ1v) is 15.5. The molecule has 0 spiro atoms. The number of hydrogen-bond acceptors (Lipinski definition) is 10. The number of nitro benzene ring substituents is 1. The zero-order chi connectivity index (χ0) is 36.4. The van der Waals surface area contributed by atoms with Crippen molar-refractivity contribution >= 4 is 35.2 Å². The minimum atomic E-state index is -1.53. The summed E-state index contributed by atoms with van der Waals surface area (Å²) in [5.41, 5.74) is 6.53. The summed E-state index contributed by atoms with van der Waals surface area (Å²) in [6, 6.07) is 0.921. The predicted molar refractivity (Wildman–Crippen MR) is 182 cm³/mol. The molecule has 0 aromatic heterocycles. The van der Waals surface area contributed by atoms with Gasteiger partial charge in [-0.05, 0) is 17.2 Å². The second-order valence-corrected chi connectivity index (χ2v) is 11.9. The van der Waals surface area contributed by atoms with Gasteiger partial charge in [-0.3, -0.25) is 20.2 Å². The van der Waals surface area contributed by atoms with Crippen molar-refractivity contribution in [2.24, 2.45) is 0 Å². The van der Waals surface area contributed by atoms with Gasteiger partial charge in [0.25, 0.3) is 11.7 Å². The molecule has 6 aliphatic rings. The van der Waals surface area contributed by atoms with Crippen molar-refractivity contribution in [3.63, 3.8) is 0 Å². The van der Waals surface area contributed by atoms with Crippen LogP contribution in [0.25, 0.3) is 33.4 Å². The van der Waals surface area contributed by atoms with E-state index in [0.29, 0.717) is 22.5 Å². The Bertz CT molecular complexity index is 1880. The first-order chi connectivity index (χ1) is 23.7. The molecule has 0 amide bonds. The summed E-state index contributed by atoms with van der Waals surface area (Å²) in [5, 5.41) is 77.1. The average Bonchev–Trinajstić information content (AvgIpc) is 3.34. The van der Waals surface area contributed by atoms with E-state index >= 15 is 0 Å². The van der Waals surface area contributed by atoms with Gasteiger partial charge in [-0.15, -0.1) is 47.5 Å². The number of ether oxygens (including phenoxy) is 1. The number of esters is 1. The second kappa shape index (κ2) is 15.7. The molecule has 7 rings (SSSR count). The molecule has 17 heteroatoms. The minimum Gasteiger partial charge on any atom is -0.853 e. The first kappa shape index (κ1) is 38.5. The maximum Gasteiger partial charge on any atom is 1.00 e. The molecule has 0 radical (unpaired) electrons. The molecule has 0 saturated carbocycles. The Kier molecular flexibility index (Phi) is 11.8. The van der Waals surface area contributed by atoms with Crippen LogP contribution in [0.5, 0.6) is 0 Å². The number of allylic oxidation sites excluding steroid dienone is 4. The van der Waals surface area contributed by atoms with Crippen LogP contribution in [-0.2, 0) is 26.6 Å². The van der Waals surface area contributed by atoms with Gasteiger partial charge in [0, 0.05) is 22.1 Å². The molecule has 51 heavy (non-hydrogen) atoms. The fraction of sp³-hybridized carbons (Fsp3) is 0.324. The number of aliphatic hydroxyl groups is 3. The Morgan fingerprint density at radius 2 is 1.55 bits per heavy atom. The van der Waals surface area contributed by atoms with Crippen molar-refractivity contribution in [3.05, 3.63) is 141 Å². The van der Waals surface area contributed by atoms with Gasteiger partial charge >= 0.3 is 23.0 Å². The van der Waals surface area contributed by atoms with Crippen LogP contribution in [0.2, 0.25) is 0 Å². The van der Waals surface area contributed by atoms with E-state index in [1.165, 1.54) is 0 Å². The molecule has 5 aliphatic heterocycles. The van der Waals surface area contributed by atoms with Crippen molar-refractivity contribution in [2.45, 2.75) is 64.1 Å². The molecule has 6 unspecified atom stereocenters. The number of cyclic esters (lactones) is 1. The number of carbonyl (C=O) groups is 1. The van der Waals surface area contributed by atoms with Gasteiger partial charge < -0.3 is 46.4 Å². The van der Waals surface area contributed by atoms with E-state index in [2.05, 4.69) is 26.0 Å². The molecule has 1 aromatic rings. The van der Waals surface area contributed by atoms with Crippen molar-refractivity contribution < 1.29 is 56.9 Å². The van der Waals surface area contributed by atoms with Crippen LogP contribution in [0.1, 0.15) is 38.8 Å². The Labute approximate surface area is 303 Å². The standard InChI is InChI=1S/2C14H13N3O2.C6H7O6.Cu/c2*1-8-3-5-10-7-12(17(18)19)11-6-4-9(2)16-14(11)13(10)15-8;7-1-2(8)5-3(9)4(10)6(11)12-5;/h3-8,12H,1-2H3;3-9H,1-2H3;2,5,8-10H,1H2;/q2*-2;-1;+1. The summed E-state index contributed by atoms with van der Waals surface area (Å²) >= 11 is 0. The summed E-state index contributed by atoms with van der Waals surface area (Å²) < 4.78 is 4.28. The summed E-state index contributed by atoms with van der Waals surface area (Å²) in [7, 11) is 0. The van der Waals surface area contributed by atoms with E-state index in [-0.39, 0.29) is 50.7 Å². The molecule has 6 atom stereocenters. The monoisotopic (exact) mass is 748 g/mol. The third-order valence-corrected chi connectivity index (χ3v) is 8.07. The quantitative estimate of drug-likeness (QED) is 0.146. The smallest absolute Gasteiger partial charge is 0.853 e. The molecule has 0 saturated heterocycles.